The molecule has 1 aromatic carbocycles. The van der Waals surface area contributed by atoms with Crippen molar-refractivity contribution in [3.05, 3.63) is 29.3 Å². The zero-order chi connectivity index (χ0) is 14.4. The van der Waals surface area contributed by atoms with Gasteiger partial charge in [-0.2, -0.15) is 0 Å². The number of hydrogen-bond acceptors (Lipinski definition) is 3. The zero-order valence-corrected chi connectivity index (χ0v) is 11.8. The molecule has 5 heteroatoms. The molecule has 1 aliphatic heterocycles. The summed E-state index contributed by atoms with van der Waals surface area (Å²) in [6.07, 6.45) is 1.86. The van der Waals surface area contributed by atoms with E-state index in [2.05, 4.69) is 5.32 Å². The number of ether oxygens (including phenoxy) is 2. The van der Waals surface area contributed by atoms with Crippen molar-refractivity contribution in [2.75, 3.05) is 26.4 Å². The lowest BCUT2D eigenvalue weighted by atomic mass is 10.1. The minimum Gasteiger partial charge on any atom is -0.487 e. The van der Waals surface area contributed by atoms with Crippen LogP contribution in [0.4, 0.5) is 8.78 Å². The van der Waals surface area contributed by atoms with E-state index in [0.29, 0.717) is 31.9 Å². The Bertz CT molecular complexity index is 411. The Labute approximate surface area is 118 Å². The highest BCUT2D eigenvalue weighted by atomic mass is 19.1. The van der Waals surface area contributed by atoms with Gasteiger partial charge in [0.1, 0.15) is 0 Å². The monoisotopic (exact) mass is 285 g/mol. The highest BCUT2D eigenvalue weighted by molar-refractivity contribution is 5.31. The summed E-state index contributed by atoms with van der Waals surface area (Å²) in [5.41, 5.74) is 0.588. The van der Waals surface area contributed by atoms with Crippen LogP contribution in [0.5, 0.6) is 5.75 Å². The summed E-state index contributed by atoms with van der Waals surface area (Å²) in [6.45, 7) is 4.91. The van der Waals surface area contributed by atoms with Crippen molar-refractivity contribution in [1.82, 2.24) is 5.32 Å². The standard InChI is InChI=1S/C15H21F2NO2/c1-2-4-18-8-12-6-13(16)15(14(17)7-12)20-10-11-3-5-19-9-11/h6-7,11,18H,2-5,8-10H2,1H3. The lowest BCUT2D eigenvalue weighted by Crippen LogP contribution is -2.15. The van der Waals surface area contributed by atoms with Gasteiger partial charge >= 0.3 is 0 Å². The van der Waals surface area contributed by atoms with Crippen LogP contribution in [-0.2, 0) is 11.3 Å². The minimum atomic E-state index is -0.641. The van der Waals surface area contributed by atoms with Gasteiger partial charge in [-0.25, -0.2) is 8.78 Å². The fourth-order valence-electron chi connectivity index (χ4n) is 2.18. The predicted octanol–water partition coefficient (Wildman–Crippen LogP) is 2.88. The van der Waals surface area contributed by atoms with E-state index in [1.165, 1.54) is 12.1 Å². The first kappa shape index (κ1) is 15.2. The summed E-state index contributed by atoms with van der Waals surface area (Å²) in [5, 5.41) is 3.11. The summed E-state index contributed by atoms with van der Waals surface area (Å²) >= 11 is 0. The van der Waals surface area contributed by atoms with Crippen molar-refractivity contribution in [3.63, 3.8) is 0 Å². The zero-order valence-electron chi connectivity index (χ0n) is 11.8. The summed E-state index contributed by atoms with van der Waals surface area (Å²) < 4.78 is 38.2. The molecule has 0 bridgehead atoms. The maximum absolute atomic E-state index is 13.9. The molecule has 20 heavy (non-hydrogen) atoms. The van der Waals surface area contributed by atoms with Gasteiger partial charge in [0.05, 0.1) is 13.2 Å². The lowest BCUT2D eigenvalue weighted by molar-refractivity contribution is 0.163. The van der Waals surface area contributed by atoms with Gasteiger partial charge in [-0.3, -0.25) is 0 Å². The Kier molecular flexibility index (Phi) is 5.73. The van der Waals surface area contributed by atoms with Crippen molar-refractivity contribution in [3.8, 4) is 5.75 Å². The van der Waals surface area contributed by atoms with Gasteiger partial charge in [0.25, 0.3) is 0 Å². The SMILES string of the molecule is CCCNCc1cc(F)c(OCC2CCOC2)c(F)c1. The van der Waals surface area contributed by atoms with Crippen molar-refractivity contribution < 1.29 is 18.3 Å². The van der Waals surface area contributed by atoms with E-state index in [-0.39, 0.29) is 11.7 Å². The first-order chi connectivity index (χ1) is 9.70. The fraction of sp³-hybridized carbons (Fsp3) is 0.600. The molecule has 1 aromatic rings. The van der Waals surface area contributed by atoms with E-state index in [0.717, 1.165) is 19.4 Å². The number of rotatable bonds is 7. The Hall–Kier alpha value is -1.20. The second-order valence-electron chi connectivity index (χ2n) is 5.11. The Morgan fingerprint density at radius 2 is 2.10 bits per heavy atom. The van der Waals surface area contributed by atoms with E-state index >= 15 is 0 Å². The summed E-state index contributed by atoms with van der Waals surface area (Å²) in [5.74, 6) is -1.34. The quantitative estimate of drug-likeness (QED) is 0.781. The van der Waals surface area contributed by atoms with Crippen LogP contribution in [0.25, 0.3) is 0 Å². The second kappa shape index (κ2) is 7.55. The average Bonchev–Trinajstić information content (AvgIpc) is 2.91. The van der Waals surface area contributed by atoms with Crippen LogP contribution in [0.1, 0.15) is 25.3 Å². The van der Waals surface area contributed by atoms with Crippen LogP contribution in [-0.4, -0.2) is 26.4 Å². The van der Waals surface area contributed by atoms with E-state index in [1.54, 1.807) is 0 Å². The maximum Gasteiger partial charge on any atom is 0.190 e. The molecular formula is C15H21F2NO2. The molecule has 1 saturated heterocycles. The normalized spacial score (nSPS) is 18.4. The smallest absolute Gasteiger partial charge is 0.190 e. The molecular weight excluding hydrogens is 264 g/mol. The van der Waals surface area contributed by atoms with Crippen molar-refractivity contribution in [2.24, 2.45) is 5.92 Å². The molecule has 1 heterocycles. The molecule has 0 aromatic heterocycles. The largest absolute Gasteiger partial charge is 0.487 e. The van der Waals surface area contributed by atoms with Gasteiger partial charge in [0.2, 0.25) is 0 Å². The molecule has 0 spiro atoms. The van der Waals surface area contributed by atoms with Crippen LogP contribution >= 0.6 is 0 Å². The summed E-state index contributed by atoms with van der Waals surface area (Å²) in [7, 11) is 0. The van der Waals surface area contributed by atoms with Crippen molar-refractivity contribution >= 4 is 0 Å². The van der Waals surface area contributed by atoms with Gasteiger partial charge in [0.15, 0.2) is 17.4 Å². The number of benzene rings is 1. The number of nitrogens with one attached hydrogen (secondary N) is 1. The predicted molar refractivity (Wildman–Crippen MR) is 72.8 cm³/mol. The van der Waals surface area contributed by atoms with Crippen LogP contribution in [0.15, 0.2) is 12.1 Å². The molecule has 2 rings (SSSR count). The van der Waals surface area contributed by atoms with Gasteiger partial charge in [-0.1, -0.05) is 6.92 Å². The topological polar surface area (TPSA) is 30.5 Å². The third kappa shape index (κ3) is 4.15. The van der Waals surface area contributed by atoms with Crippen LogP contribution in [0.3, 0.4) is 0 Å². The molecule has 0 saturated carbocycles. The van der Waals surface area contributed by atoms with E-state index < -0.39 is 11.6 Å². The fourth-order valence-corrected chi connectivity index (χ4v) is 2.18. The summed E-state index contributed by atoms with van der Waals surface area (Å²) in [4.78, 5) is 0. The van der Waals surface area contributed by atoms with Gasteiger partial charge in [-0.15, -0.1) is 0 Å². The number of hydrogen-bond donors (Lipinski definition) is 1. The molecule has 1 fully saturated rings. The highest BCUT2D eigenvalue weighted by Crippen LogP contribution is 2.25. The second-order valence-corrected chi connectivity index (χ2v) is 5.11. The lowest BCUT2D eigenvalue weighted by Gasteiger charge is -2.13. The molecule has 1 N–H and O–H groups in total. The summed E-state index contributed by atoms with van der Waals surface area (Å²) in [6, 6.07) is 2.65. The van der Waals surface area contributed by atoms with Gasteiger partial charge in [0, 0.05) is 19.1 Å². The third-order valence-corrected chi connectivity index (χ3v) is 3.30. The highest BCUT2D eigenvalue weighted by Gasteiger charge is 2.19. The molecule has 1 unspecified atom stereocenters. The van der Waals surface area contributed by atoms with Gasteiger partial charge < -0.3 is 14.8 Å². The molecule has 3 nitrogen and oxygen atoms in total. The molecule has 0 amide bonds. The van der Waals surface area contributed by atoms with Gasteiger partial charge in [-0.05, 0) is 37.1 Å². The van der Waals surface area contributed by atoms with Crippen LogP contribution < -0.4 is 10.1 Å². The minimum absolute atomic E-state index is 0.222. The first-order valence-electron chi connectivity index (χ1n) is 7.10. The molecule has 1 atom stereocenters. The van der Waals surface area contributed by atoms with Crippen LogP contribution in [0.2, 0.25) is 0 Å². The maximum atomic E-state index is 13.9. The Morgan fingerprint density at radius 1 is 1.35 bits per heavy atom. The Balaban J connectivity index is 1.94. The van der Waals surface area contributed by atoms with E-state index in [4.69, 9.17) is 9.47 Å². The average molecular weight is 285 g/mol. The molecule has 112 valence electrons. The number of halogens is 2. The van der Waals surface area contributed by atoms with E-state index in [9.17, 15) is 8.78 Å². The third-order valence-electron chi connectivity index (χ3n) is 3.30. The molecule has 0 radical (unpaired) electrons. The van der Waals surface area contributed by atoms with Crippen LogP contribution in [0, 0.1) is 17.6 Å². The van der Waals surface area contributed by atoms with E-state index in [1.807, 2.05) is 6.92 Å². The molecule has 1 aliphatic rings. The first-order valence-corrected chi connectivity index (χ1v) is 7.10. The van der Waals surface area contributed by atoms with Crippen molar-refractivity contribution in [2.45, 2.75) is 26.3 Å². The van der Waals surface area contributed by atoms with Crippen molar-refractivity contribution in [1.29, 1.82) is 0 Å². The molecule has 0 aliphatic carbocycles. The Morgan fingerprint density at radius 3 is 2.70 bits per heavy atom.